The molecule has 0 aromatic heterocycles. The van der Waals surface area contributed by atoms with Crippen molar-refractivity contribution in [1.82, 2.24) is 4.90 Å². The van der Waals surface area contributed by atoms with Crippen molar-refractivity contribution in [2.75, 3.05) is 32.3 Å². The first-order chi connectivity index (χ1) is 7.95. The summed E-state index contributed by atoms with van der Waals surface area (Å²) >= 11 is 0. The Morgan fingerprint density at radius 1 is 1.35 bits per heavy atom. The molecule has 0 aliphatic heterocycles. The number of benzene rings is 1. The number of hydrogen-bond donors (Lipinski definition) is 2. The molecule has 0 saturated heterocycles. The second kappa shape index (κ2) is 5.20. The van der Waals surface area contributed by atoms with Crippen LogP contribution in [0.4, 0.5) is 16.2 Å². The number of anilines is 2. The van der Waals surface area contributed by atoms with Gasteiger partial charge in [-0.2, -0.15) is 0 Å². The molecular weight excluding hydrogens is 222 g/mol. The first kappa shape index (κ1) is 12.8. The normalized spacial score (nSPS) is 9.59. The number of methoxy groups -OCH3 is 1. The van der Waals surface area contributed by atoms with Crippen LogP contribution in [-0.4, -0.2) is 38.1 Å². The van der Waals surface area contributed by atoms with Gasteiger partial charge < -0.3 is 20.7 Å². The van der Waals surface area contributed by atoms with E-state index in [4.69, 9.17) is 5.73 Å². The van der Waals surface area contributed by atoms with Gasteiger partial charge in [-0.05, 0) is 18.2 Å². The highest BCUT2D eigenvalue weighted by atomic mass is 16.5. The molecule has 0 fully saturated rings. The monoisotopic (exact) mass is 237 g/mol. The lowest BCUT2D eigenvalue weighted by Crippen LogP contribution is -2.27. The van der Waals surface area contributed by atoms with E-state index in [-0.39, 0.29) is 6.03 Å². The van der Waals surface area contributed by atoms with Crippen LogP contribution in [0, 0.1) is 0 Å². The van der Waals surface area contributed by atoms with Crippen LogP contribution in [0.25, 0.3) is 0 Å². The first-order valence-corrected chi connectivity index (χ1v) is 4.92. The van der Waals surface area contributed by atoms with Gasteiger partial charge in [0.25, 0.3) is 0 Å². The van der Waals surface area contributed by atoms with Gasteiger partial charge in [0.05, 0.1) is 24.0 Å². The van der Waals surface area contributed by atoms with Crippen molar-refractivity contribution in [2.24, 2.45) is 0 Å². The Hall–Kier alpha value is -2.24. The fourth-order valence-electron chi connectivity index (χ4n) is 1.14. The van der Waals surface area contributed by atoms with E-state index in [2.05, 4.69) is 10.1 Å². The highest BCUT2D eigenvalue weighted by Crippen LogP contribution is 2.20. The third-order valence-corrected chi connectivity index (χ3v) is 2.12. The van der Waals surface area contributed by atoms with E-state index >= 15 is 0 Å². The maximum atomic E-state index is 11.5. The maximum Gasteiger partial charge on any atom is 0.337 e. The van der Waals surface area contributed by atoms with Crippen LogP contribution in [0.3, 0.4) is 0 Å². The molecule has 2 amide bonds. The molecule has 0 unspecified atom stereocenters. The quantitative estimate of drug-likeness (QED) is 0.597. The highest BCUT2D eigenvalue weighted by Gasteiger charge is 2.11. The van der Waals surface area contributed by atoms with Crippen molar-refractivity contribution in [2.45, 2.75) is 0 Å². The van der Waals surface area contributed by atoms with E-state index in [1.54, 1.807) is 14.1 Å². The molecule has 6 heteroatoms. The van der Waals surface area contributed by atoms with Gasteiger partial charge in [-0.3, -0.25) is 0 Å². The largest absolute Gasteiger partial charge is 0.465 e. The highest BCUT2D eigenvalue weighted by molar-refractivity contribution is 5.96. The molecule has 0 bridgehead atoms. The number of esters is 1. The smallest absolute Gasteiger partial charge is 0.337 e. The van der Waals surface area contributed by atoms with E-state index in [0.717, 1.165) is 0 Å². The minimum absolute atomic E-state index is 0.321. The number of nitrogen functional groups attached to an aromatic ring is 1. The summed E-state index contributed by atoms with van der Waals surface area (Å²) in [6, 6.07) is 4.23. The van der Waals surface area contributed by atoms with Crippen molar-refractivity contribution in [3.05, 3.63) is 23.8 Å². The molecule has 6 nitrogen and oxygen atoms in total. The Kier molecular flexibility index (Phi) is 3.92. The van der Waals surface area contributed by atoms with Crippen molar-refractivity contribution in [1.29, 1.82) is 0 Å². The predicted molar refractivity (Wildman–Crippen MR) is 64.9 cm³/mol. The van der Waals surface area contributed by atoms with Gasteiger partial charge in [-0.15, -0.1) is 0 Å². The number of carbonyl (C=O) groups excluding carboxylic acids is 2. The average molecular weight is 237 g/mol. The minimum atomic E-state index is -0.481. The molecule has 1 rings (SSSR count). The Bertz CT molecular complexity index is 444. The van der Waals surface area contributed by atoms with Gasteiger partial charge in [0.2, 0.25) is 0 Å². The van der Waals surface area contributed by atoms with Crippen LogP contribution < -0.4 is 11.1 Å². The van der Waals surface area contributed by atoms with Gasteiger partial charge in [-0.1, -0.05) is 0 Å². The number of nitrogens with one attached hydrogen (secondary N) is 1. The fraction of sp³-hybridized carbons (Fsp3) is 0.273. The Balaban J connectivity index is 2.99. The summed E-state index contributed by atoms with van der Waals surface area (Å²) in [6.45, 7) is 0. The molecule has 0 heterocycles. The van der Waals surface area contributed by atoms with E-state index in [9.17, 15) is 9.59 Å². The van der Waals surface area contributed by atoms with Gasteiger partial charge in [0, 0.05) is 14.1 Å². The number of urea groups is 1. The maximum absolute atomic E-state index is 11.5. The zero-order chi connectivity index (χ0) is 13.0. The molecule has 1 aromatic carbocycles. The van der Waals surface area contributed by atoms with Crippen LogP contribution >= 0.6 is 0 Å². The third kappa shape index (κ3) is 3.10. The average Bonchev–Trinajstić information content (AvgIpc) is 2.30. The molecule has 0 atom stereocenters. The minimum Gasteiger partial charge on any atom is -0.465 e. The summed E-state index contributed by atoms with van der Waals surface area (Å²) in [5.74, 6) is -0.481. The number of ether oxygens (including phenoxy) is 1. The second-order valence-electron chi connectivity index (χ2n) is 3.62. The molecule has 0 saturated carbocycles. The molecular formula is C11H15N3O3. The molecule has 17 heavy (non-hydrogen) atoms. The van der Waals surface area contributed by atoms with Gasteiger partial charge >= 0.3 is 12.0 Å². The SMILES string of the molecule is COC(=O)c1ccc(N)c(NC(=O)N(C)C)c1. The molecule has 0 aliphatic carbocycles. The van der Waals surface area contributed by atoms with Crippen LogP contribution in [0.1, 0.15) is 10.4 Å². The lowest BCUT2D eigenvalue weighted by atomic mass is 10.1. The van der Waals surface area contributed by atoms with Crippen LogP contribution in [0.15, 0.2) is 18.2 Å². The summed E-state index contributed by atoms with van der Waals surface area (Å²) in [4.78, 5) is 24.1. The number of nitrogens with zero attached hydrogens (tertiary/aromatic N) is 1. The van der Waals surface area contributed by atoms with Gasteiger partial charge in [0.1, 0.15) is 0 Å². The topological polar surface area (TPSA) is 84.7 Å². The summed E-state index contributed by atoms with van der Waals surface area (Å²) in [7, 11) is 4.50. The van der Waals surface area contributed by atoms with Crippen LogP contribution in [-0.2, 0) is 4.74 Å². The fourth-order valence-corrected chi connectivity index (χ4v) is 1.14. The van der Waals surface area contributed by atoms with Crippen molar-refractivity contribution < 1.29 is 14.3 Å². The molecule has 0 spiro atoms. The Morgan fingerprint density at radius 2 is 2.00 bits per heavy atom. The lowest BCUT2D eigenvalue weighted by Gasteiger charge is -2.14. The molecule has 1 aromatic rings. The number of carbonyl (C=O) groups is 2. The van der Waals surface area contributed by atoms with Gasteiger partial charge in [-0.25, -0.2) is 9.59 Å². The van der Waals surface area contributed by atoms with Gasteiger partial charge in [0.15, 0.2) is 0 Å². The Morgan fingerprint density at radius 3 is 2.53 bits per heavy atom. The molecule has 0 aliphatic rings. The van der Waals surface area contributed by atoms with Crippen LogP contribution in [0.5, 0.6) is 0 Å². The van der Waals surface area contributed by atoms with Crippen molar-refractivity contribution in [3.8, 4) is 0 Å². The summed E-state index contributed by atoms with van der Waals surface area (Å²) in [6.07, 6.45) is 0. The number of hydrogen-bond acceptors (Lipinski definition) is 4. The second-order valence-corrected chi connectivity index (χ2v) is 3.62. The van der Waals surface area contributed by atoms with Crippen LogP contribution in [0.2, 0.25) is 0 Å². The van der Waals surface area contributed by atoms with Crippen molar-refractivity contribution >= 4 is 23.4 Å². The summed E-state index contributed by atoms with van der Waals surface area (Å²) in [5.41, 5.74) is 6.79. The molecule has 3 N–H and O–H groups in total. The van der Waals surface area contributed by atoms with Crippen molar-refractivity contribution in [3.63, 3.8) is 0 Å². The number of amides is 2. The lowest BCUT2D eigenvalue weighted by molar-refractivity contribution is 0.0601. The zero-order valence-electron chi connectivity index (χ0n) is 9.98. The van der Waals surface area contributed by atoms with E-state index in [0.29, 0.717) is 16.9 Å². The molecule has 0 radical (unpaired) electrons. The van der Waals surface area contributed by atoms with E-state index in [1.807, 2.05) is 0 Å². The summed E-state index contributed by atoms with van der Waals surface area (Å²) in [5, 5.41) is 2.58. The number of rotatable bonds is 2. The summed E-state index contributed by atoms with van der Waals surface area (Å²) < 4.78 is 4.58. The van der Waals surface area contributed by atoms with E-state index < -0.39 is 5.97 Å². The molecule has 92 valence electrons. The predicted octanol–water partition coefficient (Wildman–Crippen LogP) is 1.15. The zero-order valence-corrected chi connectivity index (χ0v) is 9.98. The number of nitrogens with two attached hydrogens (primary N) is 1. The third-order valence-electron chi connectivity index (χ3n) is 2.12. The standard InChI is InChI=1S/C11H15N3O3/c1-14(2)11(16)13-9-6-7(10(15)17-3)4-5-8(9)12/h4-6H,12H2,1-3H3,(H,13,16). The van der Waals surface area contributed by atoms with E-state index in [1.165, 1.54) is 30.2 Å². The Labute approximate surface area is 99.3 Å². The first-order valence-electron chi connectivity index (χ1n) is 4.92.